The van der Waals surface area contributed by atoms with Crippen LogP contribution in [0.5, 0.6) is 5.75 Å². The minimum absolute atomic E-state index is 0.0675. The fourth-order valence-electron chi connectivity index (χ4n) is 3.30. The third-order valence-electron chi connectivity index (χ3n) is 5.27. The molecule has 0 aromatic heterocycles. The monoisotopic (exact) mass is 466 g/mol. The molecule has 0 spiro atoms. The lowest BCUT2D eigenvalue weighted by Crippen LogP contribution is -2.43. The van der Waals surface area contributed by atoms with E-state index in [1.165, 1.54) is 18.2 Å². The number of amides is 1. The molecule has 1 amide bonds. The third-order valence-corrected chi connectivity index (χ3v) is 5.27. The molecule has 1 aromatic carbocycles. The van der Waals surface area contributed by atoms with Crippen molar-refractivity contribution in [1.82, 2.24) is 10.2 Å². The molecule has 0 bridgehead atoms. The number of rotatable bonds is 15. The summed E-state index contributed by atoms with van der Waals surface area (Å²) >= 11 is 0. The lowest BCUT2D eigenvalue weighted by atomic mass is 9.96. The van der Waals surface area contributed by atoms with Crippen LogP contribution in [0, 0.1) is 0 Å². The first-order valence-electron chi connectivity index (χ1n) is 11.0. The number of carbonyl (C=O) groups is 4. The Hall–Kier alpha value is -2.98. The number of hydrogen-bond donors (Lipinski definition) is 4. The van der Waals surface area contributed by atoms with Crippen LogP contribution in [0.25, 0.3) is 0 Å². The van der Waals surface area contributed by atoms with E-state index >= 15 is 0 Å². The highest BCUT2D eigenvalue weighted by Gasteiger charge is 2.41. The number of benzene rings is 1. The Kier molecular flexibility index (Phi) is 11.5. The normalized spacial score (nSPS) is 13.7. The second kappa shape index (κ2) is 13.5. The highest BCUT2D eigenvalue weighted by atomic mass is 16.5. The minimum Gasteiger partial charge on any atom is -0.481 e. The molecule has 33 heavy (non-hydrogen) atoms. The van der Waals surface area contributed by atoms with Gasteiger partial charge in [-0.25, -0.2) is 4.79 Å². The van der Waals surface area contributed by atoms with Crippen molar-refractivity contribution < 1.29 is 39.2 Å². The van der Waals surface area contributed by atoms with Gasteiger partial charge >= 0.3 is 17.9 Å². The quantitative estimate of drug-likeness (QED) is 0.172. The Bertz CT molecular complexity index is 824. The second-order valence-electron chi connectivity index (χ2n) is 7.95. The van der Waals surface area contributed by atoms with Gasteiger partial charge in [-0.1, -0.05) is 32.4 Å². The number of carboxylic acids is 2. The zero-order valence-corrected chi connectivity index (χ0v) is 19.4. The molecule has 0 saturated heterocycles. The fourth-order valence-corrected chi connectivity index (χ4v) is 3.30. The first-order valence-corrected chi connectivity index (χ1v) is 11.0. The smallest absolute Gasteiger partial charge is 0.336 e. The summed E-state index contributed by atoms with van der Waals surface area (Å²) in [4.78, 5) is 49.3. The average Bonchev–Trinajstić information content (AvgIpc) is 2.73. The number of nitrogens with one attached hydrogen (secondary N) is 1. The first kappa shape index (κ1) is 28.1. The Morgan fingerprint density at radius 3 is 2.27 bits per heavy atom. The van der Waals surface area contributed by atoms with Crippen LogP contribution < -0.4 is 10.1 Å². The molecule has 0 aliphatic heterocycles. The maximum absolute atomic E-state index is 12.7. The van der Waals surface area contributed by atoms with Crippen molar-refractivity contribution in [3.05, 3.63) is 29.8 Å². The van der Waals surface area contributed by atoms with Crippen molar-refractivity contribution >= 4 is 23.8 Å². The highest BCUT2D eigenvalue weighted by molar-refractivity contribution is 5.98. The van der Waals surface area contributed by atoms with E-state index in [1.807, 2.05) is 6.92 Å². The van der Waals surface area contributed by atoms with E-state index in [0.29, 0.717) is 0 Å². The van der Waals surface area contributed by atoms with E-state index < -0.39 is 42.3 Å². The Morgan fingerprint density at radius 1 is 1.06 bits per heavy atom. The van der Waals surface area contributed by atoms with Gasteiger partial charge in [0.15, 0.2) is 5.60 Å². The SMILES string of the molecule is CCN(CC)CCCCC(C)NC(=O)c1ccccc1OC(=O)CC(O)(CC(=O)O)C(=O)O. The molecule has 2 atom stereocenters. The predicted molar refractivity (Wildman–Crippen MR) is 120 cm³/mol. The summed E-state index contributed by atoms with van der Waals surface area (Å²) in [7, 11) is 0. The summed E-state index contributed by atoms with van der Waals surface area (Å²) in [6.45, 7) is 9.10. The van der Waals surface area contributed by atoms with Crippen molar-refractivity contribution in [2.24, 2.45) is 0 Å². The second-order valence-corrected chi connectivity index (χ2v) is 7.95. The Morgan fingerprint density at radius 2 is 1.70 bits per heavy atom. The number of esters is 1. The Balaban J connectivity index is 2.72. The predicted octanol–water partition coefficient (Wildman–Crippen LogP) is 1.90. The maximum atomic E-state index is 12.7. The summed E-state index contributed by atoms with van der Waals surface area (Å²) in [6.07, 6.45) is 0.458. The zero-order chi connectivity index (χ0) is 25.0. The molecule has 4 N–H and O–H groups in total. The van der Waals surface area contributed by atoms with E-state index in [1.54, 1.807) is 6.07 Å². The van der Waals surface area contributed by atoms with Gasteiger partial charge in [0.05, 0.1) is 18.4 Å². The molecular formula is C23H34N2O8. The number of ether oxygens (including phenoxy) is 1. The number of carboxylic acid groups (broad SMARTS) is 2. The third kappa shape index (κ3) is 9.58. The number of aliphatic hydroxyl groups is 1. The summed E-state index contributed by atoms with van der Waals surface area (Å²) < 4.78 is 5.10. The molecule has 2 unspecified atom stereocenters. The van der Waals surface area contributed by atoms with Gasteiger partial charge in [0, 0.05) is 6.04 Å². The van der Waals surface area contributed by atoms with Crippen molar-refractivity contribution in [1.29, 1.82) is 0 Å². The van der Waals surface area contributed by atoms with E-state index in [0.717, 1.165) is 38.9 Å². The Labute approximate surface area is 193 Å². The van der Waals surface area contributed by atoms with Gasteiger partial charge in [0.1, 0.15) is 5.75 Å². The van der Waals surface area contributed by atoms with Crippen molar-refractivity contribution in [2.45, 2.75) is 64.5 Å². The minimum atomic E-state index is -2.82. The highest BCUT2D eigenvalue weighted by Crippen LogP contribution is 2.22. The van der Waals surface area contributed by atoms with Crippen LogP contribution in [0.4, 0.5) is 0 Å². The number of carbonyl (C=O) groups excluding carboxylic acids is 2. The molecule has 0 heterocycles. The molecule has 0 aliphatic carbocycles. The van der Waals surface area contributed by atoms with Gasteiger partial charge in [-0.3, -0.25) is 14.4 Å². The van der Waals surface area contributed by atoms with Crippen LogP contribution in [-0.2, 0) is 14.4 Å². The first-order chi connectivity index (χ1) is 15.5. The number of para-hydroxylation sites is 1. The summed E-state index contributed by atoms with van der Waals surface area (Å²) in [5.74, 6) is -5.20. The summed E-state index contributed by atoms with van der Waals surface area (Å²) in [5.41, 5.74) is -2.75. The van der Waals surface area contributed by atoms with Crippen LogP contribution in [-0.4, -0.2) is 75.3 Å². The molecule has 1 rings (SSSR count). The molecule has 0 fully saturated rings. The summed E-state index contributed by atoms with van der Waals surface area (Å²) in [5, 5.41) is 30.8. The number of aliphatic carboxylic acids is 2. The molecule has 0 radical (unpaired) electrons. The van der Waals surface area contributed by atoms with Crippen molar-refractivity contribution in [3.63, 3.8) is 0 Å². The van der Waals surface area contributed by atoms with E-state index in [4.69, 9.17) is 14.9 Å². The molecule has 0 saturated carbocycles. The topological polar surface area (TPSA) is 153 Å². The number of nitrogens with zero attached hydrogens (tertiary/aromatic N) is 1. The largest absolute Gasteiger partial charge is 0.481 e. The molecule has 10 heteroatoms. The lowest BCUT2D eigenvalue weighted by molar-refractivity contribution is -0.169. The van der Waals surface area contributed by atoms with Gasteiger partial charge in [0.25, 0.3) is 5.91 Å². The van der Waals surface area contributed by atoms with Crippen LogP contribution in [0.1, 0.15) is 63.2 Å². The standard InChI is InChI=1S/C23H34N2O8/c1-4-25(5-2)13-9-8-10-16(3)24-21(29)17-11-6-7-12-18(17)33-20(28)15-23(32,22(30)31)14-19(26)27/h6-7,11-12,16,32H,4-5,8-10,13-15H2,1-3H3,(H,24,29)(H,26,27)(H,30,31). The van der Waals surface area contributed by atoms with Gasteiger partial charge in [-0.05, 0) is 51.5 Å². The van der Waals surface area contributed by atoms with Crippen LogP contribution in [0.15, 0.2) is 24.3 Å². The van der Waals surface area contributed by atoms with Crippen molar-refractivity contribution in [3.8, 4) is 5.75 Å². The van der Waals surface area contributed by atoms with Crippen LogP contribution in [0.3, 0.4) is 0 Å². The van der Waals surface area contributed by atoms with Gasteiger partial charge < -0.3 is 30.3 Å². The van der Waals surface area contributed by atoms with Gasteiger partial charge in [-0.15, -0.1) is 0 Å². The van der Waals surface area contributed by atoms with Gasteiger partial charge in [-0.2, -0.15) is 0 Å². The summed E-state index contributed by atoms with van der Waals surface area (Å²) in [6, 6.07) is 5.80. The number of unbranched alkanes of at least 4 members (excludes halogenated alkanes) is 1. The van der Waals surface area contributed by atoms with E-state index in [2.05, 4.69) is 24.1 Å². The molecule has 0 aliphatic rings. The maximum Gasteiger partial charge on any atom is 0.336 e. The zero-order valence-electron chi connectivity index (χ0n) is 19.4. The molecule has 184 valence electrons. The van der Waals surface area contributed by atoms with Crippen molar-refractivity contribution in [2.75, 3.05) is 19.6 Å². The molecular weight excluding hydrogens is 432 g/mol. The number of hydrogen-bond acceptors (Lipinski definition) is 7. The average molecular weight is 467 g/mol. The fraction of sp³-hybridized carbons (Fsp3) is 0.565. The molecule has 1 aromatic rings. The lowest BCUT2D eigenvalue weighted by Gasteiger charge is -2.21. The van der Waals surface area contributed by atoms with E-state index in [-0.39, 0.29) is 17.4 Å². The van der Waals surface area contributed by atoms with E-state index in [9.17, 15) is 24.3 Å². The van der Waals surface area contributed by atoms with Gasteiger partial charge in [0.2, 0.25) is 0 Å². The van der Waals surface area contributed by atoms with Crippen LogP contribution >= 0.6 is 0 Å². The van der Waals surface area contributed by atoms with Crippen LogP contribution in [0.2, 0.25) is 0 Å². The molecule has 10 nitrogen and oxygen atoms in total.